The molecule has 0 spiro atoms. The SMILES string of the molecule is CC(C)O[C@@H]1N2c3c(cccc3P1c1ccccc1)CC[C@@H]2C(C)C. The number of nitrogens with zero attached hydrogens (tertiary/aromatic N) is 1. The Morgan fingerprint density at radius 3 is 2.44 bits per heavy atom. The average Bonchev–Trinajstić information content (AvgIpc) is 2.91. The fraction of sp³-hybridized carbons (Fsp3) is 0.455. The number of ether oxygens (including phenoxy) is 1. The molecule has 2 aromatic carbocycles. The Balaban J connectivity index is 1.89. The van der Waals surface area contributed by atoms with Gasteiger partial charge >= 0.3 is 0 Å². The van der Waals surface area contributed by atoms with Crippen LogP contribution < -0.4 is 15.5 Å². The molecule has 2 aromatic rings. The van der Waals surface area contributed by atoms with E-state index in [0.29, 0.717) is 12.0 Å². The Kier molecular flexibility index (Phi) is 4.60. The van der Waals surface area contributed by atoms with Crippen molar-refractivity contribution in [2.24, 2.45) is 5.92 Å². The van der Waals surface area contributed by atoms with Crippen molar-refractivity contribution in [3.8, 4) is 0 Å². The zero-order valence-corrected chi connectivity index (χ0v) is 16.5. The summed E-state index contributed by atoms with van der Waals surface area (Å²) in [5.41, 5.74) is 2.99. The number of rotatable bonds is 4. The van der Waals surface area contributed by atoms with Crippen LogP contribution in [0, 0.1) is 5.92 Å². The van der Waals surface area contributed by atoms with Gasteiger partial charge in [-0.2, -0.15) is 0 Å². The molecule has 2 heterocycles. The van der Waals surface area contributed by atoms with Crippen LogP contribution in [0.25, 0.3) is 0 Å². The van der Waals surface area contributed by atoms with E-state index in [1.807, 2.05) is 0 Å². The number of para-hydroxylation sites is 1. The molecule has 0 saturated heterocycles. The molecule has 0 bridgehead atoms. The van der Waals surface area contributed by atoms with E-state index in [-0.39, 0.29) is 12.1 Å². The minimum absolute atomic E-state index is 0.154. The van der Waals surface area contributed by atoms with E-state index in [1.165, 1.54) is 34.7 Å². The third kappa shape index (κ3) is 2.90. The summed E-state index contributed by atoms with van der Waals surface area (Å²) in [5, 5.41) is 2.93. The van der Waals surface area contributed by atoms with E-state index in [4.69, 9.17) is 4.74 Å². The van der Waals surface area contributed by atoms with Crippen LogP contribution >= 0.6 is 7.92 Å². The molecule has 0 aliphatic carbocycles. The van der Waals surface area contributed by atoms with Gasteiger partial charge in [-0.15, -0.1) is 0 Å². The normalized spacial score (nSPS) is 24.9. The molecule has 3 heteroatoms. The summed E-state index contributed by atoms with van der Waals surface area (Å²) in [5.74, 6) is 0.784. The van der Waals surface area contributed by atoms with Crippen LogP contribution in [0.1, 0.15) is 39.7 Å². The molecule has 0 fully saturated rings. The molecule has 25 heavy (non-hydrogen) atoms. The fourth-order valence-electron chi connectivity index (χ4n) is 4.28. The van der Waals surface area contributed by atoms with E-state index in [1.54, 1.807) is 0 Å². The highest BCUT2D eigenvalue weighted by Crippen LogP contribution is 2.55. The molecule has 0 radical (unpaired) electrons. The molecule has 0 amide bonds. The lowest BCUT2D eigenvalue weighted by Gasteiger charge is -2.43. The van der Waals surface area contributed by atoms with Gasteiger partial charge in [0.25, 0.3) is 0 Å². The van der Waals surface area contributed by atoms with E-state index in [2.05, 4.69) is 81.1 Å². The van der Waals surface area contributed by atoms with Crippen molar-refractivity contribution in [2.45, 2.75) is 58.7 Å². The van der Waals surface area contributed by atoms with E-state index in [0.717, 1.165) is 0 Å². The van der Waals surface area contributed by atoms with Crippen molar-refractivity contribution in [1.29, 1.82) is 0 Å². The molecule has 0 saturated carbocycles. The van der Waals surface area contributed by atoms with E-state index < -0.39 is 7.92 Å². The minimum Gasteiger partial charge on any atom is -0.351 e. The van der Waals surface area contributed by atoms with Gasteiger partial charge in [0.05, 0.1) is 11.8 Å². The number of hydrogen-bond donors (Lipinski definition) is 0. The molecular weight excluding hydrogens is 325 g/mol. The lowest BCUT2D eigenvalue weighted by molar-refractivity contribution is 0.0481. The maximum atomic E-state index is 6.59. The second kappa shape index (κ2) is 6.74. The quantitative estimate of drug-likeness (QED) is 0.744. The molecule has 132 valence electrons. The number of benzene rings is 2. The van der Waals surface area contributed by atoms with Crippen molar-refractivity contribution in [3.63, 3.8) is 0 Å². The second-order valence-electron chi connectivity index (χ2n) is 7.76. The van der Waals surface area contributed by atoms with Crippen LogP contribution in [0.3, 0.4) is 0 Å². The van der Waals surface area contributed by atoms with Gasteiger partial charge in [0.1, 0.15) is 0 Å². The highest BCUT2D eigenvalue weighted by atomic mass is 31.1. The monoisotopic (exact) mass is 353 g/mol. The predicted octanol–water partition coefficient (Wildman–Crippen LogP) is 4.62. The highest BCUT2D eigenvalue weighted by Gasteiger charge is 2.46. The lowest BCUT2D eigenvalue weighted by Crippen LogP contribution is -2.48. The van der Waals surface area contributed by atoms with Crippen LogP contribution in [0.15, 0.2) is 48.5 Å². The minimum atomic E-state index is -0.521. The van der Waals surface area contributed by atoms with E-state index in [9.17, 15) is 0 Å². The van der Waals surface area contributed by atoms with Crippen molar-refractivity contribution < 1.29 is 4.74 Å². The third-order valence-corrected chi connectivity index (χ3v) is 7.89. The zero-order chi connectivity index (χ0) is 17.6. The van der Waals surface area contributed by atoms with Crippen molar-refractivity contribution in [1.82, 2.24) is 0 Å². The number of aryl methyl sites for hydroxylation is 1. The lowest BCUT2D eigenvalue weighted by atomic mass is 9.90. The van der Waals surface area contributed by atoms with Crippen LogP contribution in [0.2, 0.25) is 0 Å². The topological polar surface area (TPSA) is 12.5 Å². The smallest absolute Gasteiger partial charge is 0.158 e. The number of hydrogen-bond acceptors (Lipinski definition) is 2. The first kappa shape index (κ1) is 17.1. The van der Waals surface area contributed by atoms with Crippen LogP contribution in [-0.4, -0.2) is 18.1 Å². The van der Waals surface area contributed by atoms with Crippen LogP contribution in [0.5, 0.6) is 0 Å². The Bertz CT molecular complexity index is 743. The van der Waals surface area contributed by atoms with Gasteiger partial charge in [-0.3, -0.25) is 0 Å². The molecule has 2 aliphatic rings. The molecule has 1 unspecified atom stereocenters. The highest BCUT2D eigenvalue weighted by molar-refractivity contribution is 7.74. The maximum Gasteiger partial charge on any atom is 0.158 e. The Morgan fingerprint density at radius 2 is 1.76 bits per heavy atom. The van der Waals surface area contributed by atoms with Crippen LogP contribution in [0.4, 0.5) is 5.69 Å². The second-order valence-corrected chi connectivity index (χ2v) is 9.94. The molecule has 2 nitrogen and oxygen atoms in total. The summed E-state index contributed by atoms with van der Waals surface area (Å²) in [6, 6.07) is 18.5. The average molecular weight is 353 g/mol. The first-order valence-corrected chi connectivity index (χ1v) is 10.9. The summed E-state index contributed by atoms with van der Waals surface area (Å²) < 4.78 is 6.59. The number of anilines is 1. The Labute approximate surface area is 152 Å². The van der Waals surface area contributed by atoms with Gasteiger partial charge in [-0.25, -0.2) is 0 Å². The van der Waals surface area contributed by atoms with Gasteiger partial charge in [0, 0.05) is 19.3 Å². The zero-order valence-electron chi connectivity index (χ0n) is 15.6. The van der Waals surface area contributed by atoms with Gasteiger partial charge in [-0.1, -0.05) is 62.4 Å². The van der Waals surface area contributed by atoms with Gasteiger partial charge in [0.2, 0.25) is 0 Å². The molecule has 0 aromatic heterocycles. The van der Waals surface area contributed by atoms with Crippen LogP contribution in [-0.2, 0) is 11.2 Å². The van der Waals surface area contributed by atoms with Crippen molar-refractivity contribution in [2.75, 3.05) is 4.90 Å². The predicted molar refractivity (Wildman–Crippen MR) is 109 cm³/mol. The van der Waals surface area contributed by atoms with Gasteiger partial charge in [-0.05, 0) is 43.5 Å². The van der Waals surface area contributed by atoms with Gasteiger partial charge in [0.15, 0.2) is 5.97 Å². The summed E-state index contributed by atoms with van der Waals surface area (Å²) in [6.07, 6.45) is 2.64. The summed E-state index contributed by atoms with van der Waals surface area (Å²) in [7, 11) is -0.521. The third-order valence-electron chi connectivity index (χ3n) is 5.34. The van der Waals surface area contributed by atoms with E-state index >= 15 is 0 Å². The summed E-state index contributed by atoms with van der Waals surface area (Å²) in [4.78, 5) is 2.65. The molecule has 0 N–H and O–H groups in total. The summed E-state index contributed by atoms with van der Waals surface area (Å²) >= 11 is 0. The van der Waals surface area contributed by atoms with Crippen molar-refractivity contribution >= 4 is 24.2 Å². The first-order chi connectivity index (χ1) is 12.1. The molecule has 2 aliphatic heterocycles. The van der Waals surface area contributed by atoms with Crippen molar-refractivity contribution in [3.05, 3.63) is 54.1 Å². The molecular formula is C22H28NOP. The summed E-state index contributed by atoms with van der Waals surface area (Å²) in [6.45, 7) is 9.04. The van der Waals surface area contributed by atoms with Gasteiger partial charge < -0.3 is 9.64 Å². The molecule has 4 rings (SSSR count). The standard InChI is InChI=1S/C22H28NOP/c1-15(2)19-14-13-17-9-8-12-20-21(17)23(19)22(24-16(3)4)25(20)18-10-6-5-7-11-18/h5-12,15-16,19,22H,13-14H2,1-4H3/t19-,22+,25?/m1/s1. The Hall–Kier alpha value is -1.37. The largest absolute Gasteiger partial charge is 0.351 e. The molecule has 3 atom stereocenters. The first-order valence-electron chi connectivity index (χ1n) is 9.48. The fourth-order valence-corrected chi connectivity index (χ4v) is 7.18. The Morgan fingerprint density at radius 1 is 1.00 bits per heavy atom. The maximum absolute atomic E-state index is 6.59.